The van der Waals surface area contributed by atoms with E-state index in [9.17, 15) is 9.59 Å². The van der Waals surface area contributed by atoms with Gasteiger partial charge in [0.05, 0.1) is 0 Å². The maximum Gasteiger partial charge on any atom is 0.244 e. The summed E-state index contributed by atoms with van der Waals surface area (Å²) >= 11 is 0. The van der Waals surface area contributed by atoms with Crippen molar-refractivity contribution in [2.75, 3.05) is 38.5 Å². The largest absolute Gasteiger partial charge is 0.339 e. The Morgan fingerprint density at radius 3 is 2.60 bits per heavy atom. The first kappa shape index (κ1) is 19.4. The molecule has 2 amide bonds. The number of aromatic nitrogens is 2. The molecule has 0 spiro atoms. The average Bonchev–Trinajstić information content (AvgIpc) is 3.03. The standard InChI is InChI=1S/C18H31N5O2/c1-4-6-7-15(5-2)18(25)19-16-8-9-23(20-16)14-17(24)22-12-10-21(3)11-13-22/h8-9,15H,4-7,10-14H2,1-3H3,(H,19,20,25)/t15-/m1/s1. The van der Waals surface area contributed by atoms with Gasteiger partial charge in [-0.05, 0) is 19.9 Å². The molecule has 25 heavy (non-hydrogen) atoms. The summed E-state index contributed by atoms with van der Waals surface area (Å²) in [6, 6.07) is 1.75. The van der Waals surface area contributed by atoms with Gasteiger partial charge in [0.1, 0.15) is 6.54 Å². The van der Waals surface area contributed by atoms with E-state index < -0.39 is 0 Å². The van der Waals surface area contributed by atoms with Crippen LogP contribution in [0.5, 0.6) is 0 Å². The molecule has 7 heteroatoms. The van der Waals surface area contributed by atoms with Crippen LogP contribution >= 0.6 is 0 Å². The molecule has 140 valence electrons. The van der Waals surface area contributed by atoms with E-state index in [-0.39, 0.29) is 24.3 Å². The quantitative estimate of drug-likeness (QED) is 0.777. The van der Waals surface area contributed by atoms with E-state index >= 15 is 0 Å². The minimum Gasteiger partial charge on any atom is -0.339 e. The average molecular weight is 349 g/mol. The Hall–Kier alpha value is -1.89. The molecule has 2 heterocycles. The summed E-state index contributed by atoms with van der Waals surface area (Å²) < 4.78 is 1.60. The molecule has 1 aromatic heterocycles. The molecule has 7 nitrogen and oxygen atoms in total. The number of hydrogen-bond donors (Lipinski definition) is 1. The van der Waals surface area contributed by atoms with Crippen LogP contribution in [0.25, 0.3) is 0 Å². The van der Waals surface area contributed by atoms with Crippen LogP contribution in [0.3, 0.4) is 0 Å². The normalized spacial score (nSPS) is 16.7. The van der Waals surface area contributed by atoms with Crippen LogP contribution < -0.4 is 5.32 Å². The van der Waals surface area contributed by atoms with E-state index in [1.807, 2.05) is 11.8 Å². The first-order chi connectivity index (χ1) is 12.0. The van der Waals surface area contributed by atoms with Gasteiger partial charge < -0.3 is 15.1 Å². The highest BCUT2D eigenvalue weighted by atomic mass is 16.2. The van der Waals surface area contributed by atoms with Crippen LogP contribution in [0, 0.1) is 5.92 Å². The molecule has 0 radical (unpaired) electrons. The third kappa shape index (κ3) is 5.85. The van der Waals surface area contributed by atoms with Gasteiger partial charge in [0.15, 0.2) is 5.82 Å². The highest BCUT2D eigenvalue weighted by Gasteiger charge is 2.20. The lowest BCUT2D eigenvalue weighted by molar-refractivity contribution is -0.133. The van der Waals surface area contributed by atoms with Gasteiger partial charge in [0.2, 0.25) is 11.8 Å². The lowest BCUT2D eigenvalue weighted by Gasteiger charge is -2.32. The Morgan fingerprint density at radius 2 is 1.96 bits per heavy atom. The van der Waals surface area contributed by atoms with Crippen molar-refractivity contribution in [1.29, 1.82) is 0 Å². The Balaban J connectivity index is 1.84. The number of piperazine rings is 1. The topological polar surface area (TPSA) is 70.5 Å². The monoisotopic (exact) mass is 349 g/mol. The number of anilines is 1. The zero-order chi connectivity index (χ0) is 18.2. The maximum absolute atomic E-state index is 12.3. The van der Waals surface area contributed by atoms with Crippen LogP contribution in [0.1, 0.15) is 39.5 Å². The summed E-state index contributed by atoms with van der Waals surface area (Å²) in [4.78, 5) is 28.7. The zero-order valence-corrected chi connectivity index (χ0v) is 15.7. The molecule has 1 saturated heterocycles. The fourth-order valence-corrected chi connectivity index (χ4v) is 3.01. The number of carbonyl (C=O) groups excluding carboxylic acids is 2. The molecular formula is C18H31N5O2. The molecular weight excluding hydrogens is 318 g/mol. The minimum atomic E-state index is 0.0200. The number of nitrogens with one attached hydrogen (secondary N) is 1. The van der Waals surface area contributed by atoms with Crippen LogP contribution in [0.15, 0.2) is 12.3 Å². The third-order valence-electron chi connectivity index (χ3n) is 4.81. The number of hydrogen-bond acceptors (Lipinski definition) is 4. The van der Waals surface area contributed by atoms with Crippen molar-refractivity contribution in [3.05, 3.63) is 12.3 Å². The van der Waals surface area contributed by atoms with E-state index in [4.69, 9.17) is 0 Å². The molecule has 1 aliphatic rings. The van der Waals surface area contributed by atoms with E-state index in [0.29, 0.717) is 5.82 Å². The number of likely N-dealkylation sites (N-methyl/N-ethyl adjacent to an activating group) is 1. The lowest BCUT2D eigenvalue weighted by Crippen LogP contribution is -2.48. The smallest absolute Gasteiger partial charge is 0.244 e. The number of amides is 2. The van der Waals surface area contributed by atoms with Crippen molar-refractivity contribution in [2.45, 2.75) is 46.1 Å². The first-order valence-corrected chi connectivity index (χ1v) is 9.34. The molecule has 1 aromatic rings. The minimum absolute atomic E-state index is 0.0200. The predicted octanol–water partition coefficient (Wildman–Crippen LogP) is 1.81. The Morgan fingerprint density at radius 1 is 1.24 bits per heavy atom. The molecule has 0 bridgehead atoms. The van der Waals surface area contributed by atoms with Gasteiger partial charge in [-0.25, -0.2) is 0 Å². The first-order valence-electron chi connectivity index (χ1n) is 9.34. The number of nitrogens with zero attached hydrogens (tertiary/aromatic N) is 4. The van der Waals surface area contributed by atoms with Gasteiger partial charge in [-0.15, -0.1) is 0 Å². The van der Waals surface area contributed by atoms with E-state index in [0.717, 1.165) is 51.9 Å². The molecule has 1 atom stereocenters. The predicted molar refractivity (Wildman–Crippen MR) is 98.2 cm³/mol. The van der Waals surface area contributed by atoms with Crippen molar-refractivity contribution < 1.29 is 9.59 Å². The maximum atomic E-state index is 12.3. The van der Waals surface area contributed by atoms with Crippen molar-refractivity contribution in [3.8, 4) is 0 Å². The van der Waals surface area contributed by atoms with Gasteiger partial charge in [-0.1, -0.05) is 26.7 Å². The number of unbranched alkanes of at least 4 members (excludes halogenated alkanes) is 1. The Kier molecular flexibility index (Phi) is 7.43. The summed E-state index contributed by atoms with van der Waals surface area (Å²) in [6.07, 6.45) is 5.62. The van der Waals surface area contributed by atoms with Crippen molar-refractivity contribution >= 4 is 17.6 Å². The van der Waals surface area contributed by atoms with Crippen molar-refractivity contribution in [1.82, 2.24) is 19.6 Å². The second-order valence-electron chi connectivity index (χ2n) is 6.82. The second kappa shape index (κ2) is 9.56. The van der Waals surface area contributed by atoms with Crippen LogP contribution in [-0.2, 0) is 16.1 Å². The van der Waals surface area contributed by atoms with Crippen molar-refractivity contribution in [3.63, 3.8) is 0 Å². The molecule has 2 rings (SSSR count). The van der Waals surface area contributed by atoms with E-state index in [1.54, 1.807) is 16.9 Å². The Labute approximate surface area is 150 Å². The molecule has 1 N–H and O–H groups in total. The van der Waals surface area contributed by atoms with Gasteiger partial charge in [0, 0.05) is 44.4 Å². The highest BCUT2D eigenvalue weighted by molar-refractivity contribution is 5.91. The van der Waals surface area contributed by atoms with Gasteiger partial charge >= 0.3 is 0 Å². The number of rotatable bonds is 8. The fourth-order valence-electron chi connectivity index (χ4n) is 3.01. The molecule has 1 fully saturated rings. The molecule has 1 aliphatic heterocycles. The zero-order valence-electron chi connectivity index (χ0n) is 15.7. The molecule has 0 saturated carbocycles. The Bertz CT molecular complexity index is 530. The van der Waals surface area contributed by atoms with Gasteiger partial charge in [-0.2, -0.15) is 5.10 Å². The number of carbonyl (C=O) groups is 2. The fraction of sp³-hybridized carbons (Fsp3) is 0.722. The summed E-state index contributed by atoms with van der Waals surface area (Å²) in [5, 5.41) is 7.20. The lowest BCUT2D eigenvalue weighted by atomic mass is 9.98. The summed E-state index contributed by atoms with van der Waals surface area (Å²) in [7, 11) is 2.06. The van der Waals surface area contributed by atoms with Crippen LogP contribution in [0.4, 0.5) is 5.82 Å². The summed E-state index contributed by atoms with van der Waals surface area (Å²) in [5.74, 6) is 0.637. The molecule has 0 unspecified atom stereocenters. The van der Waals surface area contributed by atoms with Crippen molar-refractivity contribution in [2.24, 2.45) is 5.92 Å². The van der Waals surface area contributed by atoms with E-state index in [1.165, 1.54) is 0 Å². The van der Waals surface area contributed by atoms with Gasteiger partial charge in [-0.3, -0.25) is 14.3 Å². The van der Waals surface area contributed by atoms with Crippen LogP contribution in [-0.4, -0.2) is 64.6 Å². The summed E-state index contributed by atoms with van der Waals surface area (Å²) in [6.45, 7) is 7.71. The molecule has 0 aromatic carbocycles. The summed E-state index contributed by atoms with van der Waals surface area (Å²) in [5.41, 5.74) is 0. The SMILES string of the molecule is CCCC[C@@H](CC)C(=O)Nc1ccn(CC(=O)N2CCN(C)CC2)n1. The third-order valence-corrected chi connectivity index (χ3v) is 4.81. The van der Waals surface area contributed by atoms with E-state index in [2.05, 4.69) is 29.3 Å². The molecule has 0 aliphatic carbocycles. The van der Waals surface area contributed by atoms with Gasteiger partial charge in [0.25, 0.3) is 0 Å². The second-order valence-corrected chi connectivity index (χ2v) is 6.82. The van der Waals surface area contributed by atoms with Crippen LogP contribution in [0.2, 0.25) is 0 Å². The highest BCUT2D eigenvalue weighted by Crippen LogP contribution is 2.15.